The predicted octanol–water partition coefficient (Wildman–Crippen LogP) is 0.621. The van der Waals surface area contributed by atoms with Crippen LogP contribution in [0, 0.1) is 0 Å². The fourth-order valence-corrected chi connectivity index (χ4v) is 0.235. The summed E-state index contributed by atoms with van der Waals surface area (Å²) < 4.78 is 8.21. The smallest absolute Gasteiger partial charge is 0.405 e. The van der Waals surface area contributed by atoms with Crippen molar-refractivity contribution in [1.82, 2.24) is 0 Å². The van der Waals surface area contributed by atoms with Gasteiger partial charge in [0.2, 0.25) is 6.29 Å². The Balaban J connectivity index is 3.38. The first-order valence-corrected chi connectivity index (χ1v) is 2.33. The molecule has 0 rings (SSSR count). The molecule has 0 aliphatic carbocycles. The Bertz CT molecular complexity index is 108. The number of rotatable bonds is 2. The summed E-state index contributed by atoms with van der Waals surface area (Å²) in [4.78, 5) is 10.2. The highest BCUT2D eigenvalue weighted by Gasteiger charge is 2.03. The first kappa shape index (κ1) is 7.97. The Morgan fingerprint density at radius 2 is 2.44 bits per heavy atom. The number of hydrogen-bond acceptors (Lipinski definition) is 4. The zero-order valence-electron chi connectivity index (χ0n) is 5.03. The molecule has 0 amide bonds. The number of aliphatic hydroxyl groups is 1. The van der Waals surface area contributed by atoms with Gasteiger partial charge in [-0.25, -0.2) is 4.79 Å². The van der Waals surface area contributed by atoms with Crippen LogP contribution in [0.15, 0.2) is 12.8 Å². The van der Waals surface area contributed by atoms with Crippen molar-refractivity contribution in [2.24, 2.45) is 0 Å². The monoisotopic (exact) mass is 132 g/mol. The molecule has 1 N–H and O–H groups in total. The molecule has 0 radical (unpaired) electrons. The van der Waals surface area contributed by atoms with Gasteiger partial charge in [-0.1, -0.05) is 6.58 Å². The standard InChI is InChI=1S/C5H8O4/c1-3-8-5(7)9-4(2)6/h3-4,6H,1H2,2H3. The summed E-state index contributed by atoms with van der Waals surface area (Å²) in [5, 5.41) is 8.39. The average molecular weight is 132 g/mol. The molecule has 4 nitrogen and oxygen atoms in total. The highest BCUT2D eigenvalue weighted by molar-refractivity contribution is 5.60. The third-order valence-corrected chi connectivity index (χ3v) is 0.446. The third kappa shape index (κ3) is 4.83. The lowest BCUT2D eigenvalue weighted by molar-refractivity contribution is -0.0589. The highest BCUT2D eigenvalue weighted by atomic mass is 16.8. The van der Waals surface area contributed by atoms with E-state index in [1.54, 1.807) is 0 Å². The second kappa shape index (κ2) is 3.91. The van der Waals surface area contributed by atoms with Gasteiger partial charge < -0.3 is 14.6 Å². The number of hydrogen-bond donors (Lipinski definition) is 1. The van der Waals surface area contributed by atoms with Gasteiger partial charge in [-0.3, -0.25) is 0 Å². The van der Waals surface area contributed by atoms with Gasteiger partial charge in [0.15, 0.2) is 0 Å². The van der Waals surface area contributed by atoms with E-state index in [0.717, 1.165) is 6.26 Å². The molecule has 4 heteroatoms. The minimum atomic E-state index is -1.14. The molecule has 0 fully saturated rings. The van der Waals surface area contributed by atoms with Gasteiger partial charge in [0.25, 0.3) is 0 Å². The van der Waals surface area contributed by atoms with Crippen LogP contribution in [-0.4, -0.2) is 17.6 Å². The number of carbonyl (C=O) groups excluding carboxylic acids is 1. The largest absolute Gasteiger partial charge is 0.515 e. The van der Waals surface area contributed by atoms with E-state index in [0.29, 0.717) is 0 Å². The van der Waals surface area contributed by atoms with Crippen molar-refractivity contribution in [2.45, 2.75) is 13.2 Å². The van der Waals surface area contributed by atoms with Gasteiger partial charge in [0.05, 0.1) is 6.26 Å². The van der Waals surface area contributed by atoms with Crippen molar-refractivity contribution in [3.8, 4) is 0 Å². The summed E-state index contributed by atoms with van der Waals surface area (Å²) in [6, 6.07) is 0. The molecule has 0 heterocycles. The minimum Gasteiger partial charge on any atom is -0.405 e. The summed E-state index contributed by atoms with van der Waals surface area (Å²) in [5.41, 5.74) is 0. The molecule has 0 bridgehead atoms. The topological polar surface area (TPSA) is 55.8 Å². The summed E-state index contributed by atoms with van der Waals surface area (Å²) in [6.45, 7) is 4.40. The molecule has 1 atom stereocenters. The first-order chi connectivity index (χ1) is 4.16. The van der Waals surface area contributed by atoms with E-state index in [2.05, 4.69) is 16.1 Å². The van der Waals surface area contributed by atoms with E-state index < -0.39 is 12.4 Å². The molecule has 0 aliphatic rings. The van der Waals surface area contributed by atoms with Crippen LogP contribution < -0.4 is 0 Å². The maximum absolute atomic E-state index is 10.2. The zero-order chi connectivity index (χ0) is 7.28. The molecular weight excluding hydrogens is 124 g/mol. The molecule has 52 valence electrons. The fourth-order valence-electron chi connectivity index (χ4n) is 0.235. The van der Waals surface area contributed by atoms with Crippen LogP contribution in [0.2, 0.25) is 0 Å². The van der Waals surface area contributed by atoms with Crippen LogP contribution in [0.5, 0.6) is 0 Å². The van der Waals surface area contributed by atoms with Gasteiger partial charge >= 0.3 is 6.16 Å². The Kier molecular flexibility index (Phi) is 3.46. The van der Waals surface area contributed by atoms with Crippen LogP contribution in [0.25, 0.3) is 0 Å². The molecule has 0 saturated heterocycles. The van der Waals surface area contributed by atoms with E-state index >= 15 is 0 Å². The molecule has 9 heavy (non-hydrogen) atoms. The van der Waals surface area contributed by atoms with Crippen molar-refractivity contribution < 1.29 is 19.4 Å². The maximum atomic E-state index is 10.2. The summed E-state index contributed by atoms with van der Waals surface area (Å²) >= 11 is 0. The third-order valence-electron chi connectivity index (χ3n) is 0.446. The van der Waals surface area contributed by atoms with E-state index in [-0.39, 0.29) is 0 Å². The second-order valence-electron chi connectivity index (χ2n) is 1.25. The summed E-state index contributed by atoms with van der Waals surface area (Å²) in [6.07, 6.45) is -1.18. The van der Waals surface area contributed by atoms with E-state index in [1.807, 2.05) is 0 Å². The maximum Gasteiger partial charge on any atom is 0.515 e. The molecule has 0 aromatic heterocycles. The Morgan fingerprint density at radius 3 is 2.78 bits per heavy atom. The van der Waals surface area contributed by atoms with Crippen LogP contribution in [0.3, 0.4) is 0 Å². The fraction of sp³-hybridized carbons (Fsp3) is 0.400. The average Bonchev–Trinajstić information content (AvgIpc) is 1.63. The lowest BCUT2D eigenvalue weighted by Gasteiger charge is -2.03. The molecule has 1 unspecified atom stereocenters. The molecule has 0 aromatic carbocycles. The summed E-state index contributed by atoms with van der Waals surface area (Å²) in [7, 11) is 0. The van der Waals surface area contributed by atoms with Crippen molar-refractivity contribution >= 4 is 6.16 Å². The van der Waals surface area contributed by atoms with Crippen molar-refractivity contribution in [3.63, 3.8) is 0 Å². The van der Waals surface area contributed by atoms with Gasteiger partial charge in [0, 0.05) is 0 Å². The van der Waals surface area contributed by atoms with Crippen LogP contribution in [-0.2, 0) is 9.47 Å². The van der Waals surface area contributed by atoms with Crippen LogP contribution in [0.4, 0.5) is 4.79 Å². The number of ether oxygens (including phenoxy) is 2. The van der Waals surface area contributed by atoms with E-state index in [9.17, 15) is 4.79 Å². The molecule has 0 aliphatic heterocycles. The molecule has 0 aromatic rings. The SMILES string of the molecule is C=COC(=O)OC(C)O. The Labute approximate surface area is 52.7 Å². The normalized spacial score (nSPS) is 11.8. The van der Waals surface area contributed by atoms with E-state index in [4.69, 9.17) is 5.11 Å². The van der Waals surface area contributed by atoms with Crippen molar-refractivity contribution in [2.75, 3.05) is 0 Å². The zero-order valence-corrected chi connectivity index (χ0v) is 5.03. The van der Waals surface area contributed by atoms with Crippen LogP contribution in [0.1, 0.15) is 6.92 Å². The predicted molar refractivity (Wildman–Crippen MR) is 29.4 cm³/mol. The quantitative estimate of drug-likeness (QED) is 0.340. The minimum absolute atomic E-state index is 0.921. The van der Waals surface area contributed by atoms with Gasteiger partial charge in [0.1, 0.15) is 0 Å². The molecule has 0 saturated carbocycles. The number of carbonyl (C=O) groups is 1. The first-order valence-electron chi connectivity index (χ1n) is 2.33. The Morgan fingerprint density at radius 1 is 1.89 bits per heavy atom. The van der Waals surface area contributed by atoms with Crippen molar-refractivity contribution in [3.05, 3.63) is 12.8 Å². The van der Waals surface area contributed by atoms with Crippen LogP contribution >= 0.6 is 0 Å². The lowest BCUT2D eigenvalue weighted by Crippen LogP contribution is -2.12. The number of aliphatic hydroxyl groups excluding tert-OH is 1. The van der Waals surface area contributed by atoms with Gasteiger partial charge in [-0.05, 0) is 6.92 Å². The summed E-state index contributed by atoms with van der Waals surface area (Å²) in [5.74, 6) is 0. The molecular formula is C5H8O4. The second-order valence-corrected chi connectivity index (χ2v) is 1.25. The Hall–Kier alpha value is -1.03. The van der Waals surface area contributed by atoms with Crippen molar-refractivity contribution in [1.29, 1.82) is 0 Å². The van der Waals surface area contributed by atoms with Gasteiger partial charge in [-0.2, -0.15) is 0 Å². The molecule has 0 spiro atoms. The lowest BCUT2D eigenvalue weighted by atomic mass is 10.8. The van der Waals surface area contributed by atoms with E-state index in [1.165, 1.54) is 6.92 Å². The highest BCUT2D eigenvalue weighted by Crippen LogP contribution is 1.89. The van der Waals surface area contributed by atoms with Gasteiger partial charge in [-0.15, -0.1) is 0 Å².